The second-order valence-electron chi connectivity index (χ2n) is 6.24. The van der Waals surface area contributed by atoms with E-state index in [1.54, 1.807) is 12.2 Å². The minimum absolute atomic E-state index is 0. The zero-order valence-electron chi connectivity index (χ0n) is 17.4. The van der Waals surface area contributed by atoms with Crippen molar-refractivity contribution in [2.45, 2.75) is 63.8 Å². The van der Waals surface area contributed by atoms with Crippen LogP contribution in [0.5, 0.6) is 0 Å². The van der Waals surface area contributed by atoms with E-state index in [-0.39, 0.29) is 49.0 Å². The summed E-state index contributed by atoms with van der Waals surface area (Å²) >= 11 is 0. The summed E-state index contributed by atoms with van der Waals surface area (Å²) in [4.78, 5) is 49.5. The van der Waals surface area contributed by atoms with Gasteiger partial charge in [-0.15, -0.1) is 13.2 Å². The summed E-state index contributed by atoms with van der Waals surface area (Å²) in [7, 11) is 0. The predicted molar refractivity (Wildman–Crippen MR) is 104 cm³/mol. The van der Waals surface area contributed by atoms with Crippen molar-refractivity contribution in [3.05, 3.63) is 38.0 Å². The molecule has 0 aromatic heterocycles. The van der Waals surface area contributed by atoms with Crippen LogP contribution in [0.1, 0.15) is 57.8 Å². The smallest absolute Gasteiger partial charge is 0.550 e. The van der Waals surface area contributed by atoms with Gasteiger partial charge in [0, 0.05) is 25.2 Å². The van der Waals surface area contributed by atoms with E-state index in [0.717, 1.165) is 4.90 Å². The van der Waals surface area contributed by atoms with Crippen molar-refractivity contribution >= 4 is 23.8 Å². The molecular formula is C21H30NNaO6. The fraction of sp³-hybridized carbons (Fsp3) is 0.524. The van der Waals surface area contributed by atoms with E-state index in [0.29, 0.717) is 38.5 Å². The Balaban J connectivity index is 0. The number of hydrogen-bond donors (Lipinski definition) is 0. The number of nitrogens with zero attached hydrogens (tertiary/aromatic N) is 1. The Morgan fingerprint density at radius 3 is 1.72 bits per heavy atom. The minimum atomic E-state index is -1.55. The van der Waals surface area contributed by atoms with Crippen LogP contribution in [0.25, 0.3) is 0 Å². The molecule has 29 heavy (non-hydrogen) atoms. The molecule has 8 heteroatoms. The van der Waals surface area contributed by atoms with E-state index < -0.39 is 36.2 Å². The number of aliphatic carboxylic acids is 1. The number of hydrogen-bond acceptors (Lipinski definition) is 6. The van der Waals surface area contributed by atoms with E-state index in [4.69, 9.17) is 4.74 Å². The van der Waals surface area contributed by atoms with Crippen LogP contribution in [0, 0.1) is 0 Å². The molecule has 1 unspecified atom stereocenters. The molecule has 0 aliphatic rings. The number of ether oxygens (including phenoxy) is 1. The SMILES string of the molecule is C=CCCCCC(=O)N(C(=O)CCCCC=C)C(CC(=O)[O-])C(=O)OCC=C.[Na+]. The van der Waals surface area contributed by atoms with Crippen LogP contribution in [0.2, 0.25) is 0 Å². The second kappa shape index (κ2) is 18.3. The molecule has 2 amide bonds. The van der Waals surface area contributed by atoms with E-state index in [1.807, 2.05) is 0 Å². The van der Waals surface area contributed by atoms with Gasteiger partial charge in [-0.25, -0.2) is 4.79 Å². The molecule has 1 atom stereocenters. The summed E-state index contributed by atoms with van der Waals surface area (Å²) in [5.41, 5.74) is 0. The monoisotopic (exact) mass is 415 g/mol. The average molecular weight is 415 g/mol. The van der Waals surface area contributed by atoms with Crippen LogP contribution in [0.4, 0.5) is 0 Å². The molecule has 0 aromatic carbocycles. The third-order valence-corrected chi connectivity index (χ3v) is 3.92. The molecule has 7 nitrogen and oxygen atoms in total. The van der Waals surface area contributed by atoms with Crippen molar-refractivity contribution in [3.8, 4) is 0 Å². The molecule has 0 heterocycles. The zero-order chi connectivity index (χ0) is 21.4. The first-order valence-corrected chi connectivity index (χ1v) is 9.43. The third kappa shape index (κ3) is 13.2. The number of carboxylic acids is 1. The van der Waals surface area contributed by atoms with Crippen molar-refractivity contribution in [1.82, 2.24) is 4.90 Å². The van der Waals surface area contributed by atoms with Crippen molar-refractivity contribution in [2.75, 3.05) is 6.61 Å². The fourth-order valence-corrected chi connectivity index (χ4v) is 2.53. The van der Waals surface area contributed by atoms with Gasteiger partial charge in [-0.05, 0) is 38.5 Å². The molecule has 0 bridgehead atoms. The molecule has 156 valence electrons. The second-order valence-corrected chi connectivity index (χ2v) is 6.24. The number of imide groups is 1. The van der Waals surface area contributed by atoms with E-state index in [9.17, 15) is 24.3 Å². The predicted octanol–water partition coefficient (Wildman–Crippen LogP) is -0.924. The van der Waals surface area contributed by atoms with Gasteiger partial charge in [0.1, 0.15) is 12.6 Å². The Morgan fingerprint density at radius 2 is 1.34 bits per heavy atom. The minimum Gasteiger partial charge on any atom is -0.550 e. The van der Waals surface area contributed by atoms with Crippen molar-refractivity contribution < 1.29 is 58.6 Å². The maximum absolute atomic E-state index is 12.7. The van der Waals surface area contributed by atoms with Gasteiger partial charge in [0.2, 0.25) is 11.8 Å². The standard InChI is InChI=1S/C21H31NO6.Na/c1-4-7-9-11-13-18(23)22(19(24)14-12-10-8-5-2)17(16-20(25)26)21(27)28-15-6-3;/h4-6,17H,1-3,7-16H2,(H,25,26);/q;+1/p-1. The van der Waals surface area contributed by atoms with Gasteiger partial charge >= 0.3 is 35.5 Å². The number of carbonyl (C=O) groups excluding carboxylic acids is 4. The number of rotatable bonds is 16. The van der Waals surface area contributed by atoms with Gasteiger partial charge in [-0.3, -0.25) is 14.5 Å². The molecular weight excluding hydrogens is 385 g/mol. The zero-order valence-corrected chi connectivity index (χ0v) is 19.4. The van der Waals surface area contributed by atoms with Crippen molar-refractivity contribution in [1.29, 1.82) is 0 Å². The molecule has 0 aliphatic heterocycles. The Morgan fingerprint density at radius 1 is 0.862 bits per heavy atom. The summed E-state index contributed by atoms with van der Waals surface area (Å²) in [6.45, 7) is 10.5. The number of amides is 2. The van der Waals surface area contributed by atoms with Crippen LogP contribution in [-0.2, 0) is 23.9 Å². The van der Waals surface area contributed by atoms with E-state index in [2.05, 4.69) is 19.7 Å². The molecule has 0 radical (unpaired) electrons. The summed E-state index contributed by atoms with van der Waals surface area (Å²) in [6, 6.07) is -1.55. The van der Waals surface area contributed by atoms with Crippen LogP contribution < -0.4 is 34.7 Å². The van der Waals surface area contributed by atoms with Gasteiger partial charge in [0.05, 0.1) is 0 Å². The van der Waals surface area contributed by atoms with Crippen LogP contribution in [-0.4, -0.2) is 41.3 Å². The first-order valence-electron chi connectivity index (χ1n) is 9.43. The average Bonchev–Trinajstić information content (AvgIpc) is 2.65. The summed E-state index contributed by atoms with van der Waals surface area (Å²) in [5, 5.41) is 11.1. The molecule has 0 rings (SSSR count). The Kier molecular flexibility index (Phi) is 18.7. The molecule has 0 aromatic rings. The summed E-state index contributed by atoms with van der Waals surface area (Å²) < 4.78 is 4.90. The largest absolute Gasteiger partial charge is 1.00 e. The van der Waals surface area contributed by atoms with Gasteiger partial charge in [-0.1, -0.05) is 24.8 Å². The number of carboxylic acid groups (broad SMARTS) is 1. The third-order valence-electron chi connectivity index (χ3n) is 3.92. The van der Waals surface area contributed by atoms with E-state index >= 15 is 0 Å². The van der Waals surface area contributed by atoms with Crippen molar-refractivity contribution in [3.63, 3.8) is 0 Å². The normalized spacial score (nSPS) is 10.8. The van der Waals surface area contributed by atoms with Crippen LogP contribution >= 0.6 is 0 Å². The van der Waals surface area contributed by atoms with Crippen LogP contribution in [0.3, 0.4) is 0 Å². The first kappa shape index (κ1) is 29.5. The van der Waals surface area contributed by atoms with E-state index in [1.165, 1.54) is 6.08 Å². The molecule has 0 spiro atoms. The molecule has 0 N–H and O–H groups in total. The molecule has 0 fully saturated rings. The van der Waals surface area contributed by atoms with Crippen molar-refractivity contribution in [2.24, 2.45) is 0 Å². The Labute approximate surface area is 195 Å². The first-order chi connectivity index (χ1) is 13.4. The number of unbranched alkanes of at least 4 members (excludes halogenated alkanes) is 4. The van der Waals surface area contributed by atoms with Gasteiger partial charge in [0.15, 0.2) is 0 Å². The molecule has 0 aliphatic carbocycles. The number of allylic oxidation sites excluding steroid dienone is 2. The summed E-state index contributed by atoms with van der Waals surface area (Å²) in [6.07, 6.45) is 7.78. The maximum Gasteiger partial charge on any atom is 1.00 e. The number of esters is 1. The quantitative estimate of drug-likeness (QED) is 0.140. The molecule has 0 saturated carbocycles. The number of carbonyl (C=O) groups is 4. The maximum atomic E-state index is 12.7. The van der Waals surface area contributed by atoms with Gasteiger partial charge in [0.25, 0.3) is 0 Å². The Hall–Kier alpha value is -1.70. The van der Waals surface area contributed by atoms with Gasteiger partial charge in [-0.2, -0.15) is 0 Å². The van der Waals surface area contributed by atoms with Gasteiger partial charge < -0.3 is 14.6 Å². The fourth-order valence-electron chi connectivity index (χ4n) is 2.53. The molecule has 0 saturated heterocycles. The van der Waals surface area contributed by atoms with Crippen LogP contribution in [0.15, 0.2) is 38.0 Å². The topological polar surface area (TPSA) is 104 Å². The Bertz CT molecular complexity index is 548. The summed E-state index contributed by atoms with van der Waals surface area (Å²) in [5.74, 6) is -3.72.